The molecular formula is C14H26N2O. The van der Waals surface area contributed by atoms with Crippen LogP contribution < -0.4 is 5.32 Å². The molecule has 0 aromatic heterocycles. The highest BCUT2D eigenvalue weighted by Crippen LogP contribution is 2.25. The number of piperidine rings is 1. The van der Waals surface area contributed by atoms with Gasteiger partial charge in [-0.1, -0.05) is 20.3 Å². The second-order valence-corrected chi connectivity index (χ2v) is 5.89. The highest BCUT2D eigenvalue weighted by molar-refractivity contribution is 5.77. The Balaban J connectivity index is 1.86. The average molecular weight is 238 g/mol. The van der Waals surface area contributed by atoms with Crippen LogP contribution in [-0.4, -0.2) is 36.0 Å². The number of carbonyl (C=O) groups excluding carboxylic acids is 1. The summed E-state index contributed by atoms with van der Waals surface area (Å²) in [4.78, 5) is 14.5. The molecule has 0 saturated carbocycles. The van der Waals surface area contributed by atoms with E-state index in [0.717, 1.165) is 13.1 Å². The zero-order chi connectivity index (χ0) is 12.3. The third kappa shape index (κ3) is 3.21. The molecule has 2 aliphatic heterocycles. The van der Waals surface area contributed by atoms with Gasteiger partial charge in [-0.05, 0) is 38.1 Å². The Morgan fingerprint density at radius 3 is 2.76 bits per heavy atom. The molecule has 98 valence electrons. The van der Waals surface area contributed by atoms with E-state index in [0.29, 0.717) is 30.3 Å². The van der Waals surface area contributed by atoms with Gasteiger partial charge in [0.1, 0.15) is 0 Å². The summed E-state index contributed by atoms with van der Waals surface area (Å²) in [5.74, 6) is 0.973. The number of nitrogens with zero attached hydrogens (tertiary/aromatic N) is 1. The minimum Gasteiger partial charge on any atom is -0.339 e. The molecule has 2 heterocycles. The molecule has 2 saturated heterocycles. The van der Waals surface area contributed by atoms with Gasteiger partial charge in [-0.2, -0.15) is 0 Å². The third-order valence-electron chi connectivity index (χ3n) is 4.22. The lowest BCUT2D eigenvalue weighted by atomic mass is 9.99. The molecule has 2 aliphatic rings. The predicted octanol–water partition coefficient (Wildman–Crippen LogP) is 2.17. The van der Waals surface area contributed by atoms with Crippen LogP contribution in [0.4, 0.5) is 0 Å². The molecule has 1 N–H and O–H groups in total. The third-order valence-corrected chi connectivity index (χ3v) is 4.22. The van der Waals surface area contributed by atoms with Crippen LogP contribution in [0, 0.1) is 5.92 Å². The molecule has 3 heteroatoms. The molecule has 2 atom stereocenters. The Labute approximate surface area is 105 Å². The molecular weight excluding hydrogens is 212 g/mol. The highest BCUT2D eigenvalue weighted by Gasteiger charge is 2.31. The van der Waals surface area contributed by atoms with Gasteiger partial charge < -0.3 is 10.2 Å². The topological polar surface area (TPSA) is 32.3 Å². The van der Waals surface area contributed by atoms with Crippen LogP contribution in [0.2, 0.25) is 0 Å². The smallest absolute Gasteiger partial charge is 0.224 e. The van der Waals surface area contributed by atoms with Crippen LogP contribution in [0.1, 0.15) is 52.4 Å². The van der Waals surface area contributed by atoms with E-state index >= 15 is 0 Å². The molecule has 2 rings (SSSR count). The Kier molecular flexibility index (Phi) is 4.43. The summed E-state index contributed by atoms with van der Waals surface area (Å²) in [5, 5.41) is 3.47. The van der Waals surface area contributed by atoms with Crippen molar-refractivity contribution in [2.24, 2.45) is 5.92 Å². The predicted molar refractivity (Wildman–Crippen MR) is 69.8 cm³/mol. The highest BCUT2D eigenvalue weighted by atomic mass is 16.2. The summed E-state index contributed by atoms with van der Waals surface area (Å²) in [5.41, 5.74) is 0. The van der Waals surface area contributed by atoms with Crippen LogP contribution in [0.5, 0.6) is 0 Å². The Morgan fingerprint density at radius 1 is 1.29 bits per heavy atom. The largest absolute Gasteiger partial charge is 0.339 e. The van der Waals surface area contributed by atoms with Crippen molar-refractivity contribution in [3.05, 3.63) is 0 Å². The minimum absolute atomic E-state index is 0.376. The van der Waals surface area contributed by atoms with Crippen LogP contribution in [0.15, 0.2) is 0 Å². The Bertz CT molecular complexity index is 259. The number of carbonyl (C=O) groups is 1. The summed E-state index contributed by atoms with van der Waals surface area (Å²) in [7, 11) is 0. The number of amides is 1. The van der Waals surface area contributed by atoms with Gasteiger partial charge in [0.2, 0.25) is 5.91 Å². The standard InChI is InChI=1S/C14H26N2O/c1-11(2)13-7-5-9-16(13)14(17)10-12-6-3-4-8-15-12/h11-13,15H,3-10H2,1-2H3. The molecule has 0 spiro atoms. The normalized spacial score (nSPS) is 29.9. The van der Waals surface area contributed by atoms with E-state index in [1.807, 2.05) is 0 Å². The summed E-state index contributed by atoms with van der Waals surface area (Å²) < 4.78 is 0. The first kappa shape index (κ1) is 12.9. The first-order chi connectivity index (χ1) is 8.18. The number of hydrogen-bond acceptors (Lipinski definition) is 2. The van der Waals surface area contributed by atoms with E-state index in [-0.39, 0.29) is 0 Å². The maximum Gasteiger partial charge on any atom is 0.224 e. The Morgan fingerprint density at radius 2 is 2.12 bits per heavy atom. The van der Waals surface area contributed by atoms with Crippen molar-refractivity contribution < 1.29 is 4.79 Å². The molecule has 0 radical (unpaired) electrons. The van der Waals surface area contributed by atoms with Gasteiger partial charge in [-0.25, -0.2) is 0 Å². The molecule has 1 amide bonds. The summed E-state index contributed by atoms with van der Waals surface area (Å²) >= 11 is 0. The number of rotatable bonds is 3. The molecule has 0 aliphatic carbocycles. The summed E-state index contributed by atoms with van der Waals surface area (Å²) in [6.45, 7) is 6.53. The quantitative estimate of drug-likeness (QED) is 0.817. The van der Waals surface area contributed by atoms with E-state index in [4.69, 9.17) is 0 Å². The average Bonchev–Trinajstić information content (AvgIpc) is 2.79. The molecule has 0 aromatic carbocycles. The molecule has 2 unspecified atom stereocenters. The van der Waals surface area contributed by atoms with Crippen LogP contribution in [0.25, 0.3) is 0 Å². The van der Waals surface area contributed by atoms with Crippen LogP contribution >= 0.6 is 0 Å². The van der Waals surface area contributed by atoms with Crippen molar-refractivity contribution in [2.75, 3.05) is 13.1 Å². The fourth-order valence-corrected chi connectivity index (χ4v) is 3.22. The monoisotopic (exact) mass is 238 g/mol. The zero-order valence-electron chi connectivity index (χ0n) is 11.2. The lowest BCUT2D eigenvalue weighted by Crippen LogP contribution is -2.43. The van der Waals surface area contributed by atoms with Crippen molar-refractivity contribution in [3.8, 4) is 0 Å². The number of likely N-dealkylation sites (tertiary alicyclic amines) is 1. The lowest BCUT2D eigenvalue weighted by molar-refractivity contribution is -0.133. The Hall–Kier alpha value is -0.570. The van der Waals surface area contributed by atoms with Gasteiger partial charge in [0.15, 0.2) is 0 Å². The molecule has 0 aromatic rings. The molecule has 17 heavy (non-hydrogen) atoms. The minimum atomic E-state index is 0.376. The van der Waals surface area contributed by atoms with Gasteiger partial charge in [-0.15, -0.1) is 0 Å². The van der Waals surface area contributed by atoms with Gasteiger partial charge in [0, 0.05) is 25.0 Å². The first-order valence-corrected chi connectivity index (χ1v) is 7.21. The number of nitrogens with one attached hydrogen (secondary N) is 1. The van der Waals surface area contributed by atoms with Crippen molar-refractivity contribution in [1.82, 2.24) is 10.2 Å². The van der Waals surface area contributed by atoms with E-state index < -0.39 is 0 Å². The summed E-state index contributed by atoms with van der Waals surface area (Å²) in [6.07, 6.45) is 6.81. The van der Waals surface area contributed by atoms with E-state index in [9.17, 15) is 4.79 Å². The maximum absolute atomic E-state index is 12.3. The maximum atomic E-state index is 12.3. The molecule has 0 bridgehead atoms. The van der Waals surface area contributed by atoms with Gasteiger partial charge in [-0.3, -0.25) is 4.79 Å². The van der Waals surface area contributed by atoms with E-state index in [2.05, 4.69) is 24.1 Å². The van der Waals surface area contributed by atoms with Crippen molar-refractivity contribution in [2.45, 2.75) is 64.5 Å². The van der Waals surface area contributed by atoms with Gasteiger partial charge in [0.05, 0.1) is 0 Å². The SMILES string of the molecule is CC(C)C1CCCN1C(=O)CC1CCCCN1. The van der Waals surface area contributed by atoms with Crippen LogP contribution in [-0.2, 0) is 4.79 Å². The zero-order valence-corrected chi connectivity index (χ0v) is 11.2. The van der Waals surface area contributed by atoms with E-state index in [1.54, 1.807) is 0 Å². The lowest BCUT2D eigenvalue weighted by Gasteiger charge is -2.30. The first-order valence-electron chi connectivity index (χ1n) is 7.21. The van der Waals surface area contributed by atoms with Crippen molar-refractivity contribution in [3.63, 3.8) is 0 Å². The second-order valence-electron chi connectivity index (χ2n) is 5.89. The van der Waals surface area contributed by atoms with Crippen molar-refractivity contribution >= 4 is 5.91 Å². The van der Waals surface area contributed by atoms with E-state index in [1.165, 1.54) is 32.1 Å². The fraction of sp³-hybridized carbons (Fsp3) is 0.929. The van der Waals surface area contributed by atoms with Gasteiger partial charge in [0.25, 0.3) is 0 Å². The molecule has 3 nitrogen and oxygen atoms in total. The molecule has 2 fully saturated rings. The number of hydrogen-bond donors (Lipinski definition) is 1. The van der Waals surface area contributed by atoms with Gasteiger partial charge >= 0.3 is 0 Å². The van der Waals surface area contributed by atoms with Crippen molar-refractivity contribution in [1.29, 1.82) is 0 Å². The fourth-order valence-electron chi connectivity index (χ4n) is 3.22. The summed E-state index contributed by atoms with van der Waals surface area (Å²) in [6, 6.07) is 0.927. The van der Waals surface area contributed by atoms with Crippen LogP contribution in [0.3, 0.4) is 0 Å². The second kappa shape index (κ2) is 5.85.